The average Bonchev–Trinajstić information content (AvgIpc) is 2.27. The molecule has 0 spiro atoms. The molecule has 2 atom stereocenters. The standard InChI is InChI=1S/C15H23FN2O/c1-10(12-8-6-7-9-13(12)16)17-11(2)14(19)18-15(3,4)5/h6-11,17H,1-5H3,(H,18,19)/t10-,11+/m1/s1. The van der Waals surface area contributed by atoms with Crippen LogP contribution in [0, 0.1) is 5.82 Å². The van der Waals surface area contributed by atoms with Crippen LogP contribution >= 0.6 is 0 Å². The lowest BCUT2D eigenvalue weighted by molar-refractivity contribution is -0.124. The molecule has 2 N–H and O–H groups in total. The smallest absolute Gasteiger partial charge is 0.237 e. The largest absolute Gasteiger partial charge is 0.350 e. The Morgan fingerprint density at radius 3 is 2.32 bits per heavy atom. The van der Waals surface area contributed by atoms with Gasteiger partial charge in [0, 0.05) is 17.1 Å². The van der Waals surface area contributed by atoms with Crippen molar-refractivity contribution < 1.29 is 9.18 Å². The van der Waals surface area contributed by atoms with Gasteiger partial charge in [0.25, 0.3) is 0 Å². The molecule has 1 aromatic carbocycles. The summed E-state index contributed by atoms with van der Waals surface area (Å²) in [7, 11) is 0. The van der Waals surface area contributed by atoms with Crippen LogP contribution in [0.15, 0.2) is 24.3 Å². The van der Waals surface area contributed by atoms with Crippen molar-refractivity contribution in [1.82, 2.24) is 10.6 Å². The normalized spacial score (nSPS) is 14.8. The first-order chi connectivity index (χ1) is 8.70. The minimum atomic E-state index is -0.381. The summed E-state index contributed by atoms with van der Waals surface area (Å²) >= 11 is 0. The number of nitrogens with one attached hydrogen (secondary N) is 2. The molecule has 0 unspecified atom stereocenters. The molecule has 106 valence electrons. The zero-order chi connectivity index (χ0) is 14.6. The number of rotatable bonds is 4. The van der Waals surface area contributed by atoms with Gasteiger partial charge in [0.2, 0.25) is 5.91 Å². The van der Waals surface area contributed by atoms with Gasteiger partial charge >= 0.3 is 0 Å². The van der Waals surface area contributed by atoms with E-state index in [1.165, 1.54) is 6.07 Å². The van der Waals surface area contributed by atoms with E-state index in [4.69, 9.17) is 0 Å². The molecule has 1 amide bonds. The zero-order valence-electron chi connectivity index (χ0n) is 12.3. The maximum atomic E-state index is 13.6. The SMILES string of the molecule is C[C@H](N[C@H](C)c1ccccc1F)C(=O)NC(C)(C)C. The second-order valence-electron chi connectivity index (χ2n) is 5.87. The zero-order valence-corrected chi connectivity index (χ0v) is 12.3. The molecule has 0 heterocycles. The van der Waals surface area contributed by atoms with Crippen molar-refractivity contribution in [2.45, 2.75) is 52.2 Å². The van der Waals surface area contributed by atoms with E-state index in [-0.39, 0.29) is 29.3 Å². The molecular weight excluding hydrogens is 243 g/mol. The predicted molar refractivity (Wildman–Crippen MR) is 75.3 cm³/mol. The van der Waals surface area contributed by atoms with E-state index in [2.05, 4.69) is 10.6 Å². The first-order valence-electron chi connectivity index (χ1n) is 6.53. The number of hydrogen-bond donors (Lipinski definition) is 2. The summed E-state index contributed by atoms with van der Waals surface area (Å²) in [5, 5.41) is 6.00. The van der Waals surface area contributed by atoms with Crippen LogP contribution in [0.1, 0.15) is 46.2 Å². The fourth-order valence-corrected chi connectivity index (χ4v) is 1.84. The highest BCUT2D eigenvalue weighted by atomic mass is 19.1. The fraction of sp³-hybridized carbons (Fsp3) is 0.533. The second-order valence-corrected chi connectivity index (χ2v) is 5.87. The number of carbonyl (C=O) groups excluding carboxylic acids is 1. The molecule has 0 aliphatic heterocycles. The highest BCUT2D eigenvalue weighted by Crippen LogP contribution is 2.16. The molecule has 0 aromatic heterocycles. The quantitative estimate of drug-likeness (QED) is 0.880. The molecule has 1 rings (SSSR count). The van der Waals surface area contributed by atoms with Gasteiger partial charge in [-0.1, -0.05) is 18.2 Å². The van der Waals surface area contributed by atoms with Crippen LogP contribution in [0.5, 0.6) is 0 Å². The number of benzene rings is 1. The Kier molecular flexibility index (Phi) is 5.06. The summed E-state index contributed by atoms with van der Waals surface area (Å²) in [5.41, 5.74) is 0.298. The van der Waals surface area contributed by atoms with E-state index < -0.39 is 0 Å². The molecule has 0 aliphatic carbocycles. The Balaban J connectivity index is 2.64. The summed E-state index contributed by atoms with van der Waals surface area (Å²) in [5.74, 6) is -0.346. The monoisotopic (exact) mass is 266 g/mol. The Hall–Kier alpha value is -1.42. The fourth-order valence-electron chi connectivity index (χ4n) is 1.84. The van der Waals surface area contributed by atoms with Gasteiger partial charge in [-0.05, 0) is 40.7 Å². The van der Waals surface area contributed by atoms with Gasteiger partial charge in [-0.15, -0.1) is 0 Å². The van der Waals surface area contributed by atoms with Crippen molar-refractivity contribution in [3.05, 3.63) is 35.6 Å². The average molecular weight is 266 g/mol. The molecule has 0 radical (unpaired) electrons. The van der Waals surface area contributed by atoms with Crippen molar-refractivity contribution in [3.63, 3.8) is 0 Å². The predicted octanol–water partition coefficient (Wildman–Crippen LogP) is 2.78. The maximum absolute atomic E-state index is 13.6. The van der Waals surface area contributed by atoms with Gasteiger partial charge in [0.15, 0.2) is 0 Å². The van der Waals surface area contributed by atoms with Crippen LogP contribution in [0.25, 0.3) is 0 Å². The second kappa shape index (κ2) is 6.15. The summed E-state index contributed by atoms with van der Waals surface area (Å²) in [6.45, 7) is 9.41. The van der Waals surface area contributed by atoms with Crippen LogP contribution < -0.4 is 10.6 Å². The van der Waals surface area contributed by atoms with Crippen molar-refractivity contribution >= 4 is 5.91 Å². The van der Waals surface area contributed by atoms with Crippen LogP contribution in [0.3, 0.4) is 0 Å². The van der Waals surface area contributed by atoms with Crippen molar-refractivity contribution in [2.75, 3.05) is 0 Å². The van der Waals surface area contributed by atoms with Crippen LogP contribution in [-0.2, 0) is 4.79 Å². The first-order valence-corrected chi connectivity index (χ1v) is 6.53. The first kappa shape index (κ1) is 15.6. The Bertz CT molecular complexity index is 440. The summed E-state index contributed by atoms with van der Waals surface area (Å²) in [6.07, 6.45) is 0. The van der Waals surface area contributed by atoms with Crippen LogP contribution in [0.4, 0.5) is 4.39 Å². The maximum Gasteiger partial charge on any atom is 0.237 e. The Labute approximate surface area is 114 Å². The van der Waals surface area contributed by atoms with Gasteiger partial charge in [0.05, 0.1) is 6.04 Å². The number of amides is 1. The van der Waals surface area contributed by atoms with E-state index in [9.17, 15) is 9.18 Å². The van der Waals surface area contributed by atoms with Crippen LogP contribution in [0.2, 0.25) is 0 Å². The van der Waals surface area contributed by atoms with Gasteiger partial charge in [0.1, 0.15) is 5.82 Å². The summed E-state index contributed by atoms with van der Waals surface area (Å²) in [4.78, 5) is 11.9. The summed E-state index contributed by atoms with van der Waals surface area (Å²) in [6, 6.07) is 5.99. The Morgan fingerprint density at radius 1 is 1.21 bits per heavy atom. The molecule has 3 nitrogen and oxygen atoms in total. The molecule has 19 heavy (non-hydrogen) atoms. The minimum absolute atomic E-state index is 0.0873. The van der Waals surface area contributed by atoms with E-state index in [0.29, 0.717) is 5.56 Å². The van der Waals surface area contributed by atoms with Crippen LogP contribution in [-0.4, -0.2) is 17.5 Å². The highest BCUT2D eigenvalue weighted by molar-refractivity contribution is 5.81. The topological polar surface area (TPSA) is 41.1 Å². The van der Waals surface area contributed by atoms with Gasteiger partial charge in [-0.25, -0.2) is 4.39 Å². The lowest BCUT2D eigenvalue weighted by atomic mass is 10.1. The third-order valence-electron chi connectivity index (χ3n) is 2.76. The van der Waals surface area contributed by atoms with E-state index in [1.54, 1.807) is 25.1 Å². The highest BCUT2D eigenvalue weighted by Gasteiger charge is 2.21. The molecular formula is C15H23FN2O. The molecule has 0 aliphatic rings. The molecule has 0 bridgehead atoms. The van der Waals surface area contributed by atoms with Gasteiger partial charge in [-0.2, -0.15) is 0 Å². The van der Waals surface area contributed by atoms with E-state index in [0.717, 1.165) is 0 Å². The van der Waals surface area contributed by atoms with Crippen molar-refractivity contribution in [2.24, 2.45) is 0 Å². The van der Waals surface area contributed by atoms with Gasteiger partial charge < -0.3 is 5.32 Å². The molecule has 0 saturated heterocycles. The number of halogens is 1. The molecule has 0 fully saturated rings. The molecule has 1 aromatic rings. The number of carbonyl (C=O) groups is 1. The molecule has 4 heteroatoms. The third-order valence-corrected chi connectivity index (χ3v) is 2.76. The Morgan fingerprint density at radius 2 is 1.79 bits per heavy atom. The van der Waals surface area contributed by atoms with E-state index in [1.807, 2.05) is 27.7 Å². The van der Waals surface area contributed by atoms with E-state index >= 15 is 0 Å². The lowest BCUT2D eigenvalue weighted by Crippen LogP contribution is -2.50. The third kappa shape index (κ3) is 4.99. The lowest BCUT2D eigenvalue weighted by Gasteiger charge is -2.25. The number of hydrogen-bond acceptors (Lipinski definition) is 2. The molecule has 0 saturated carbocycles. The summed E-state index contributed by atoms with van der Waals surface area (Å²) < 4.78 is 13.6. The van der Waals surface area contributed by atoms with Crippen molar-refractivity contribution in [1.29, 1.82) is 0 Å². The van der Waals surface area contributed by atoms with Crippen molar-refractivity contribution in [3.8, 4) is 0 Å². The minimum Gasteiger partial charge on any atom is -0.350 e. The van der Waals surface area contributed by atoms with Gasteiger partial charge in [-0.3, -0.25) is 10.1 Å².